The largest absolute Gasteiger partial charge is 0.320 e. The number of halogens is 3. The van der Waals surface area contributed by atoms with Gasteiger partial charge in [0, 0.05) is 15.5 Å². The maximum atomic E-state index is 6.12. The Balaban J connectivity index is 2.52. The van der Waals surface area contributed by atoms with E-state index in [4.69, 9.17) is 40.5 Å². The minimum absolute atomic E-state index is 0.335. The molecule has 0 aliphatic heterocycles. The van der Waals surface area contributed by atoms with Crippen molar-refractivity contribution >= 4 is 46.1 Å². The molecule has 0 unspecified atom stereocenters. The van der Waals surface area contributed by atoms with Gasteiger partial charge in [-0.1, -0.05) is 40.9 Å². The van der Waals surface area contributed by atoms with Crippen molar-refractivity contribution < 1.29 is 0 Å². The van der Waals surface area contributed by atoms with Gasteiger partial charge in [0.05, 0.1) is 16.1 Å². The molecule has 1 aromatic carbocycles. The second-order valence-electron chi connectivity index (χ2n) is 3.25. The highest BCUT2D eigenvalue weighted by Gasteiger charge is 2.18. The summed E-state index contributed by atoms with van der Waals surface area (Å²) in [5, 5.41) is 3.39. The number of nitrogens with two attached hydrogens (primary N) is 1. The second-order valence-corrected chi connectivity index (χ2v) is 5.42. The first kappa shape index (κ1) is 12.2. The van der Waals surface area contributed by atoms with Crippen LogP contribution in [0, 0.1) is 0 Å². The Morgan fingerprint density at radius 2 is 1.75 bits per heavy atom. The van der Waals surface area contributed by atoms with Crippen LogP contribution in [-0.2, 0) is 0 Å². The third-order valence-electron chi connectivity index (χ3n) is 2.24. The van der Waals surface area contributed by atoms with Crippen molar-refractivity contribution in [3.63, 3.8) is 0 Å². The zero-order chi connectivity index (χ0) is 11.7. The molecule has 0 aliphatic carbocycles. The van der Waals surface area contributed by atoms with Gasteiger partial charge in [-0.2, -0.15) is 0 Å². The van der Waals surface area contributed by atoms with Crippen LogP contribution in [0.15, 0.2) is 29.6 Å². The van der Waals surface area contributed by atoms with Crippen LogP contribution in [0.5, 0.6) is 0 Å². The quantitative estimate of drug-likeness (QED) is 0.794. The Bertz CT molecular complexity index is 496. The normalized spacial score (nSPS) is 12.8. The van der Waals surface area contributed by atoms with Crippen molar-refractivity contribution in [3.05, 3.63) is 55.2 Å². The summed E-state index contributed by atoms with van der Waals surface area (Å²) >= 11 is 19.7. The fourth-order valence-electron chi connectivity index (χ4n) is 1.44. The third kappa shape index (κ3) is 2.22. The van der Waals surface area contributed by atoms with Crippen LogP contribution in [-0.4, -0.2) is 0 Å². The van der Waals surface area contributed by atoms with Gasteiger partial charge < -0.3 is 5.73 Å². The average Bonchev–Trinajstić information content (AvgIpc) is 2.77. The summed E-state index contributed by atoms with van der Waals surface area (Å²) in [6.07, 6.45) is 0. The summed E-state index contributed by atoms with van der Waals surface area (Å²) in [5.41, 5.74) is 6.79. The van der Waals surface area contributed by atoms with E-state index in [0.29, 0.717) is 20.6 Å². The molecule has 1 nitrogen and oxygen atoms in total. The molecular formula is C11H8Cl3NS. The summed E-state index contributed by atoms with van der Waals surface area (Å²) in [6.45, 7) is 0. The van der Waals surface area contributed by atoms with Crippen molar-refractivity contribution in [3.8, 4) is 0 Å². The number of hydrogen-bond acceptors (Lipinski definition) is 2. The lowest BCUT2D eigenvalue weighted by Crippen LogP contribution is -2.11. The average molecular weight is 293 g/mol. The molecule has 0 bridgehead atoms. The van der Waals surface area contributed by atoms with Crippen LogP contribution in [0.3, 0.4) is 0 Å². The Morgan fingerprint density at radius 1 is 1.06 bits per heavy atom. The zero-order valence-electron chi connectivity index (χ0n) is 8.08. The molecule has 2 rings (SSSR count). The smallest absolute Gasteiger partial charge is 0.0676 e. The fraction of sp³-hybridized carbons (Fsp3) is 0.0909. The van der Waals surface area contributed by atoms with Gasteiger partial charge in [0.15, 0.2) is 0 Å². The molecule has 2 aromatic rings. The minimum atomic E-state index is -0.335. The summed E-state index contributed by atoms with van der Waals surface area (Å²) in [5.74, 6) is 0. The van der Waals surface area contributed by atoms with Gasteiger partial charge >= 0.3 is 0 Å². The highest BCUT2D eigenvalue weighted by atomic mass is 35.5. The predicted molar refractivity (Wildman–Crippen MR) is 71.8 cm³/mol. The standard InChI is InChI=1S/C11H8Cl3NS/c12-6-3-4-7(13)10(14)9(6)11(15)8-2-1-5-16-8/h1-5,11H,15H2/t11-/m0/s1. The fourth-order valence-corrected chi connectivity index (χ4v) is 2.94. The molecule has 16 heavy (non-hydrogen) atoms. The number of rotatable bonds is 2. The van der Waals surface area contributed by atoms with E-state index in [9.17, 15) is 0 Å². The van der Waals surface area contributed by atoms with Crippen LogP contribution in [0.25, 0.3) is 0 Å². The van der Waals surface area contributed by atoms with Crippen molar-refractivity contribution in [1.29, 1.82) is 0 Å². The van der Waals surface area contributed by atoms with Crippen LogP contribution < -0.4 is 5.73 Å². The van der Waals surface area contributed by atoms with Gasteiger partial charge in [-0.05, 0) is 23.6 Å². The lowest BCUT2D eigenvalue weighted by Gasteiger charge is -2.14. The van der Waals surface area contributed by atoms with Gasteiger partial charge in [-0.15, -0.1) is 11.3 Å². The van der Waals surface area contributed by atoms with Gasteiger partial charge in [0.25, 0.3) is 0 Å². The van der Waals surface area contributed by atoms with Gasteiger partial charge in [-0.3, -0.25) is 0 Å². The SMILES string of the molecule is N[C@@H](c1cccs1)c1c(Cl)ccc(Cl)c1Cl. The first-order valence-electron chi connectivity index (χ1n) is 4.53. The van der Waals surface area contributed by atoms with E-state index >= 15 is 0 Å². The molecular weight excluding hydrogens is 285 g/mol. The van der Waals surface area contributed by atoms with E-state index < -0.39 is 0 Å². The summed E-state index contributed by atoms with van der Waals surface area (Å²) in [6, 6.07) is 6.92. The van der Waals surface area contributed by atoms with Crippen molar-refractivity contribution in [2.75, 3.05) is 0 Å². The second kappa shape index (κ2) is 4.94. The van der Waals surface area contributed by atoms with E-state index in [1.54, 1.807) is 23.5 Å². The zero-order valence-corrected chi connectivity index (χ0v) is 11.2. The van der Waals surface area contributed by atoms with Gasteiger partial charge in [0.2, 0.25) is 0 Å². The highest BCUT2D eigenvalue weighted by molar-refractivity contribution is 7.10. The first-order chi connectivity index (χ1) is 7.61. The Hall–Kier alpha value is -0.250. The third-order valence-corrected chi connectivity index (χ3v) is 4.34. The molecule has 5 heteroatoms. The molecule has 1 atom stereocenters. The molecule has 0 spiro atoms. The Kier molecular flexibility index (Phi) is 3.77. The summed E-state index contributed by atoms with van der Waals surface area (Å²) < 4.78 is 0. The monoisotopic (exact) mass is 291 g/mol. The maximum absolute atomic E-state index is 6.12. The molecule has 0 saturated heterocycles. The van der Waals surface area contributed by atoms with Crippen LogP contribution in [0.2, 0.25) is 15.1 Å². The number of benzene rings is 1. The van der Waals surface area contributed by atoms with Crippen LogP contribution in [0.4, 0.5) is 0 Å². The highest BCUT2D eigenvalue weighted by Crippen LogP contribution is 2.38. The van der Waals surface area contributed by atoms with E-state index in [2.05, 4.69) is 0 Å². The predicted octanol–water partition coefficient (Wildman–Crippen LogP) is 4.76. The van der Waals surface area contributed by atoms with Crippen molar-refractivity contribution in [2.24, 2.45) is 5.73 Å². The van der Waals surface area contributed by atoms with Crippen molar-refractivity contribution in [1.82, 2.24) is 0 Å². The van der Waals surface area contributed by atoms with E-state index in [1.165, 1.54) is 0 Å². The van der Waals surface area contributed by atoms with E-state index in [-0.39, 0.29) is 6.04 Å². The molecule has 0 aliphatic rings. The lowest BCUT2D eigenvalue weighted by atomic mass is 10.1. The number of thiophene rings is 1. The summed E-state index contributed by atoms with van der Waals surface area (Å²) in [4.78, 5) is 1.01. The first-order valence-corrected chi connectivity index (χ1v) is 6.55. The van der Waals surface area contributed by atoms with Crippen LogP contribution >= 0.6 is 46.1 Å². The van der Waals surface area contributed by atoms with E-state index in [0.717, 1.165) is 4.88 Å². The topological polar surface area (TPSA) is 26.0 Å². The molecule has 2 N–H and O–H groups in total. The Labute approximate surface area is 113 Å². The molecule has 0 radical (unpaired) electrons. The molecule has 0 fully saturated rings. The minimum Gasteiger partial charge on any atom is -0.320 e. The van der Waals surface area contributed by atoms with Crippen molar-refractivity contribution in [2.45, 2.75) is 6.04 Å². The number of hydrogen-bond donors (Lipinski definition) is 1. The van der Waals surface area contributed by atoms with E-state index in [1.807, 2.05) is 17.5 Å². The maximum Gasteiger partial charge on any atom is 0.0676 e. The van der Waals surface area contributed by atoms with Gasteiger partial charge in [0.1, 0.15) is 0 Å². The van der Waals surface area contributed by atoms with Crippen LogP contribution in [0.1, 0.15) is 16.5 Å². The summed E-state index contributed by atoms with van der Waals surface area (Å²) in [7, 11) is 0. The molecule has 1 heterocycles. The lowest BCUT2D eigenvalue weighted by molar-refractivity contribution is 0.894. The molecule has 0 saturated carbocycles. The molecule has 0 amide bonds. The Morgan fingerprint density at radius 3 is 2.38 bits per heavy atom. The molecule has 84 valence electrons. The van der Waals surface area contributed by atoms with Gasteiger partial charge in [-0.25, -0.2) is 0 Å². The molecule has 1 aromatic heterocycles.